The Morgan fingerprint density at radius 1 is 1.44 bits per heavy atom. The number of fused-ring (bicyclic) bond motifs is 1. The first-order valence-corrected chi connectivity index (χ1v) is 5.12. The van der Waals surface area contributed by atoms with Gasteiger partial charge in [0.1, 0.15) is 5.75 Å². The fourth-order valence-corrected chi connectivity index (χ4v) is 1.66. The van der Waals surface area contributed by atoms with E-state index in [1.165, 1.54) is 12.1 Å². The summed E-state index contributed by atoms with van der Waals surface area (Å²) >= 11 is 0. The van der Waals surface area contributed by atoms with Crippen LogP contribution in [-0.2, 0) is 0 Å². The summed E-state index contributed by atoms with van der Waals surface area (Å²) < 4.78 is 5.25. The lowest BCUT2D eigenvalue weighted by Gasteiger charge is -2.07. The third-order valence-corrected chi connectivity index (χ3v) is 2.51. The summed E-state index contributed by atoms with van der Waals surface area (Å²) in [5, 5.41) is 10.1. The Kier molecular flexibility index (Phi) is 2.56. The molecule has 84 valence electrons. The van der Waals surface area contributed by atoms with Gasteiger partial charge in [0.05, 0.1) is 12.1 Å². The van der Waals surface area contributed by atoms with Crippen molar-refractivity contribution < 1.29 is 9.84 Å². The standard InChI is InChI=1S/C12H13NO3/c1-3-16-11-6-10(15)8-4-5-9(14)7(2)12(8)13-11/h4-6,14H,3H2,1-2H3,(H,13,15). The van der Waals surface area contributed by atoms with E-state index in [4.69, 9.17) is 4.74 Å². The normalized spacial score (nSPS) is 10.6. The van der Waals surface area contributed by atoms with Crippen LogP contribution in [0, 0.1) is 6.92 Å². The van der Waals surface area contributed by atoms with Gasteiger partial charge in [-0.1, -0.05) is 0 Å². The van der Waals surface area contributed by atoms with Gasteiger partial charge in [0, 0.05) is 17.0 Å². The fraction of sp³-hybridized carbons (Fsp3) is 0.250. The van der Waals surface area contributed by atoms with Crippen molar-refractivity contribution >= 4 is 10.9 Å². The topological polar surface area (TPSA) is 62.3 Å². The molecule has 4 nitrogen and oxygen atoms in total. The van der Waals surface area contributed by atoms with E-state index in [1.807, 2.05) is 6.92 Å². The molecule has 0 atom stereocenters. The summed E-state index contributed by atoms with van der Waals surface area (Å²) in [6, 6.07) is 4.54. The highest BCUT2D eigenvalue weighted by atomic mass is 16.5. The number of rotatable bonds is 2. The van der Waals surface area contributed by atoms with Gasteiger partial charge in [-0.15, -0.1) is 0 Å². The Labute approximate surface area is 92.5 Å². The van der Waals surface area contributed by atoms with Crippen LogP contribution in [0.4, 0.5) is 0 Å². The number of hydrogen-bond donors (Lipinski definition) is 2. The minimum atomic E-state index is -0.111. The number of pyridine rings is 1. The van der Waals surface area contributed by atoms with E-state index in [-0.39, 0.29) is 11.2 Å². The van der Waals surface area contributed by atoms with E-state index >= 15 is 0 Å². The first kappa shape index (κ1) is 10.5. The summed E-state index contributed by atoms with van der Waals surface area (Å²) in [5.41, 5.74) is 1.16. The maximum Gasteiger partial charge on any atom is 0.195 e. The lowest BCUT2D eigenvalue weighted by atomic mass is 10.1. The van der Waals surface area contributed by atoms with Crippen LogP contribution >= 0.6 is 0 Å². The van der Waals surface area contributed by atoms with Crippen molar-refractivity contribution in [1.29, 1.82) is 0 Å². The van der Waals surface area contributed by atoms with Gasteiger partial charge in [0.2, 0.25) is 0 Å². The van der Waals surface area contributed by atoms with Crippen LogP contribution < -0.4 is 10.2 Å². The molecule has 0 unspecified atom stereocenters. The monoisotopic (exact) mass is 219 g/mol. The van der Waals surface area contributed by atoms with Gasteiger partial charge in [0.25, 0.3) is 0 Å². The van der Waals surface area contributed by atoms with E-state index in [0.717, 1.165) is 0 Å². The fourth-order valence-electron chi connectivity index (χ4n) is 1.66. The lowest BCUT2D eigenvalue weighted by molar-refractivity contribution is 0.328. The minimum Gasteiger partial charge on any atom is -0.508 e. The van der Waals surface area contributed by atoms with Crippen molar-refractivity contribution in [2.75, 3.05) is 6.61 Å². The lowest BCUT2D eigenvalue weighted by Crippen LogP contribution is -2.05. The van der Waals surface area contributed by atoms with Crippen LogP contribution in [0.3, 0.4) is 0 Å². The number of nitrogens with one attached hydrogen (secondary N) is 1. The average molecular weight is 219 g/mol. The number of aromatic nitrogens is 1. The molecule has 1 aromatic carbocycles. The predicted octanol–water partition coefficient (Wildman–Crippen LogP) is 1.94. The summed E-state index contributed by atoms with van der Waals surface area (Å²) in [6.45, 7) is 4.08. The maximum absolute atomic E-state index is 11.8. The minimum absolute atomic E-state index is 0.111. The van der Waals surface area contributed by atoms with Crippen LogP contribution in [0.2, 0.25) is 0 Å². The number of benzene rings is 1. The molecule has 4 heteroatoms. The quantitative estimate of drug-likeness (QED) is 0.811. The van der Waals surface area contributed by atoms with Crippen molar-refractivity contribution in [3.63, 3.8) is 0 Å². The van der Waals surface area contributed by atoms with Crippen LogP contribution in [0.15, 0.2) is 23.0 Å². The first-order valence-electron chi connectivity index (χ1n) is 5.12. The van der Waals surface area contributed by atoms with Crippen molar-refractivity contribution in [3.8, 4) is 11.6 Å². The van der Waals surface area contributed by atoms with Crippen LogP contribution in [0.1, 0.15) is 12.5 Å². The summed E-state index contributed by atoms with van der Waals surface area (Å²) in [7, 11) is 0. The highest BCUT2D eigenvalue weighted by molar-refractivity contribution is 5.84. The van der Waals surface area contributed by atoms with Crippen LogP contribution in [0.5, 0.6) is 11.6 Å². The number of phenols is 1. The zero-order valence-electron chi connectivity index (χ0n) is 9.20. The molecule has 2 N–H and O–H groups in total. The third kappa shape index (κ3) is 1.62. The second-order valence-corrected chi connectivity index (χ2v) is 3.56. The third-order valence-electron chi connectivity index (χ3n) is 2.51. The Hall–Kier alpha value is -1.97. The molecule has 0 saturated carbocycles. The first-order chi connectivity index (χ1) is 7.63. The Morgan fingerprint density at radius 2 is 2.19 bits per heavy atom. The number of ether oxygens (including phenoxy) is 1. The van der Waals surface area contributed by atoms with E-state index < -0.39 is 0 Å². The van der Waals surface area contributed by atoms with Gasteiger partial charge < -0.3 is 14.8 Å². The number of H-pyrrole nitrogens is 1. The summed E-state index contributed by atoms with van der Waals surface area (Å²) in [4.78, 5) is 14.8. The molecule has 0 aliphatic rings. The van der Waals surface area contributed by atoms with E-state index in [2.05, 4.69) is 4.98 Å². The smallest absolute Gasteiger partial charge is 0.195 e. The van der Waals surface area contributed by atoms with Crippen LogP contribution in [-0.4, -0.2) is 16.7 Å². The molecular weight excluding hydrogens is 206 g/mol. The molecule has 0 spiro atoms. The number of aromatic hydroxyl groups is 1. The molecule has 0 amide bonds. The molecule has 0 radical (unpaired) electrons. The largest absolute Gasteiger partial charge is 0.508 e. The van der Waals surface area contributed by atoms with Crippen LogP contribution in [0.25, 0.3) is 10.9 Å². The number of hydrogen-bond acceptors (Lipinski definition) is 3. The summed E-state index contributed by atoms with van der Waals surface area (Å²) in [6.07, 6.45) is 0. The predicted molar refractivity (Wildman–Crippen MR) is 62.1 cm³/mol. The Bertz CT molecular complexity index is 587. The molecule has 0 saturated heterocycles. The zero-order valence-corrected chi connectivity index (χ0v) is 9.20. The van der Waals surface area contributed by atoms with E-state index in [9.17, 15) is 9.90 Å². The van der Waals surface area contributed by atoms with Crippen molar-refractivity contribution in [2.24, 2.45) is 0 Å². The highest BCUT2D eigenvalue weighted by Crippen LogP contribution is 2.24. The van der Waals surface area contributed by atoms with Crippen molar-refractivity contribution in [2.45, 2.75) is 13.8 Å². The van der Waals surface area contributed by atoms with E-state index in [0.29, 0.717) is 29.0 Å². The molecule has 1 aromatic heterocycles. The number of aryl methyl sites for hydroxylation is 1. The second-order valence-electron chi connectivity index (χ2n) is 3.56. The second kappa shape index (κ2) is 3.89. The molecule has 2 rings (SSSR count). The average Bonchev–Trinajstić information content (AvgIpc) is 2.25. The molecule has 0 aliphatic heterocycles. The molecule has 16 heavy (non-hydrogen) atoms. The molecule has 0 aliphatic carbocycles. The summed E-state index contributed by atoms with van der Waals surface area (Å²) in [5.74, 6) is 0.588. The highest BCUT2D eigenvalue weighted by Gasteiger charge is 2.07. The maximum atomic E-state index is 11.8. The van der Waals surface area contributed by atoms with Gasteiger partial charge >= 0.3 is 0 Å². The van der Waals surface area contributed by atoms with Gasteiger partial charge in [-0.2, -0.15) is 0 Å². The Morgan fingerprint density at radius 3 is 2.88 bits per heavy atom. The van der Waals surface area contributed by atoms with Gasteiger partial charge in [-0.3, -0.25) is 4.79 Å². The SMILES string of the molecule is CCOc1cc(=O)c2ccc(O)c(C)c2[nH]1. The van der Waals surface area contributed by atoms with Gasteiger partial charge in [0.15, 0.2) is 11.3 Å². The van der Waals surface area contributed by atoms with Gasteiger partial charge in [-0.25, -0.2) is 0 Å². The van der Waals surface area contributed by atoms with E-state index in [1.54, 1.807) is 13.0 Å². The molecule has 1 heterocycles. The Balaban J connectivity index is 2.78. The van der Waals surface area contributed by atoms with Crippen molar-refractivity contribution in [1.82, 2.24) is 4.98 Å². The zero-order chi connectivity index (χ0) is 11.7. The number of aromatic amines is 1. The molecule has 0 fully saturated rings. The molecule has 0 bridgehead atoms. The van der Waals surface area contributed by atoms with Crippen molar-refractivity contribution in [3.05, 3.63) is 34.0 Å². The molecular formula is C12H13NO3. The molecule has 2 aromatic rings. The van der Waals surface area contributed by atoms with Gasteiger partial charge in [-0.05, 0) is 26.0 Å². The number of phenolic OH excluding ortho intramolecular Hbond substituents is 1.